The monoisotopic (exact) mass is 435 g/mol. The van der Waals surface area contributed by atoms with Crippen molar-refractivity contribution < 1.29 is 13.6 Å². The van der Waals surface area contributed by atoms with Crippen molar-refractivity contribution in [1.29, 1.82) is 0 Å². The largest absolute Gasteiger partial charge is 0.343 e. The van der Waals surface area contributed by atoms with Gasteiger partial charge in [0.1, 0.15) is 0 Å². The first-order valence-corrected chi connectivity index (χ1v) is 10.9. The molecule has 0 saturated carbocycles. The summed E-state index contributed by atoms with van der Waals surface area (Å²) in [6, 6.07) is 17.2. The van der Waals surface area contributed by atoms with Crippen LogP contribution in [0.4, 0.5) is 8.78 Å². The van der Waals surface area contributed by atoms with E-state index >= 15 is 0 Å². The Balaban J connectivity index is 1.45. The van der Waals surface area contributed by atoms with E-state index in [1.807, 2.05) is 49.4 Å². The summed E-state index contributed by atoms with van der Waals surface area (Å²) in [6.45, 7) is 4.13. The van der Waals surface area contributed by atoms with Gasteiger partial charge in [-0.15, -0.1) is 0 Å². The van der Waals surface area contributed by atoms with Gasteiger partial charge >= 0.3 is 0 Å². The molecule has 6 heteroatoms. The minimum atomic E-state index is -0.824. The van der Waals surface area contributed by atoms with Gasteiger partial charge in [0.05, 0.1) is 11.7 Å². The van der Waals surface area contributed by atoms with Gasteiger partial charge in [0.15, 0.2) is 11.6 Å². The van der Waals surface area contributed by atoms with E-state index in [0.29, 0.717) is 12.1 Å². The molecule has 0 aliphatic carbocycles. The highest BCUT2D eigenvalue weighted by Crippen LogP contribution is 2.31. The van der Waals surface area contributed by atoms with Crippen LogP contribution in [0.25, 0.3) is 0 Å². The Labute approximate surface area is 187 Å². The highest BCUT2D eigenvalue weighted by molar-refractivity contribution is 5.95. The molecule has 3 aromatic rings. The number of aryl methyl sites for hydroxylation is 1. The number of likely N-dealkylation sites (tertiary alicyclic amines) is 1. The molecule has 2 heterocycles. The molecule has 166 valence electrons. The van der Waals surface area contributed by atoms with Crippen LogP contribution < -0.4 is 5.32 Å². The first-order valence-electron chi connectivity index (χ1n) is 10.9. The molecule has 4 rings (SSSR count). The molecule has 2 aromatic carbocycles. The second kappa shape index (κ2) is 10.0. The molecule has 1 aromatic heterocycles. The van der Waals surface area contributed by atoms with Crippen molar-refractivity contribution in [2.24, 2.45) is 5.92 Å². The maximum Gasteiger partial charge on any atom is 0.252 e. The number of pyridine rings is 1. The molecule has 4 nitrogen and oxygen atoms in total. The lowest BCUT2D eigenvalue weighted by atomic mass is 9.86. The Kier molecular flexibility index (Phi) is 6.90. The van der Waals surface area contributed by atoms with Crippen molar-refractivity contribution in [3.05, 3.63) is 101 Å². The van der Waals surface area contributed by atoms with Crippen molar-refractivity contribution in [3.8, 4) is 0 Å². The predicted octanol–water partition coefficient (Wildman–Crippen LogP) is 5.05. The van der Waals surface area contributed by atoms with Crippen molar-refractivity contribution in [2.45, 2.75) is 32.4 Å². The lowest BCUT2D eigenvalue weighted by molar-refractivity contribution is 0.0887. The summed E-state index contributed by atoms with van der Waals surface area (Å²) in [5, 5.41) is 3.23. The molecular formula is C26H27F2N3O. The van der Waals surface area contributed by atoms with Gasteiger partial charge < -0.3 is 5.32 Å². The molecule has 1 unspecified atom stereocenters. The third-order valence-electron chi connectivity index (χ3n) is 6.18. The predicted molar refractivity (Wildman–Crippen MR) is 120 cm³/mol. The van der Waals surface area contributed by atoms with Gasteiger partial charge in [-0.25, -0.2) is 8.78 Å². The second-order valence-electron chi connectivity index (χ2n) is 8.38. The number of amides is 1. The van der Waals surface area contributed by atoms with Crippen LogP contribution in [0.1, 0.15) is 46.1 Å². The number of hydrogen-bond acceptors (Lipinski definition) is 3. The third kappa shape index (κ3) is 5.19. The molecule has 0 spiro atoms. The highest BCUT2D eigenvalue weighted by Gasteiger charge is 2.30. The molecule has 1 saturated heterocycles. The van der Waals surface area contributed by atoms with Crippen LogP contribution in [-0.2, 0) is 6.54 Å². The zero-order valence-corrected chi connectivity index (χ0v) is 18.1. The van der Waals surface area contributed by atoms with E-state index < -0.39 is 11.6 Å². The minimum Gasteiger partial charge on any atom is -0.343 e. The van der Waals surface area contributed by atoms with E-state index in [9.17, 15) is 13.6 Å². The fourth-order valence-corrected chi connectivity index (χ4v) is 4.38. The zero-order chi connectivity index (χ0) is 22.5. The summed E-state index contributed by atoms with van der Waals surface area (Å²) in [7, 11) is 0. The van der Waals surface area contributed by atoms with Crippen LogP contribution in [0, 0.1) is 24.5 Å². The van der Waals surface area contributed by atoms with Gasteiger partial charge in [0, 0.05) is 18.3 Å². The number of hydrogen-bond donors (Lipinski definition) is 1. The standard InChI is InChI=1S/C26H27F2N3O/c1-18-6-2-3-7-21(18)26(32)30-25(24-8-4-5-13-29-24)20-11-14-31(15-12-20)17-19-9-10-22(27)23(28)16-19/h2-10,13,16,20,25H,11-12,14-15,17H2,1H3,(H,30,32). The lowest BCUT2D eigenvalue weighted by Crippen LogP contribution is -2.41. The first-order chi connectivity index (χ1) is 15.5. The summed E-state index contributed by atoms with van der Waals surface area (Å²) >= 11 is 0. The maximum atomic E-state index is 13.5. The Hall–Kier alpha value is -3.12. The van der Waals surface area contributed by atoms with E-state index in [4.69, 9.17) is 0 Å². The van der Waals surface area contributed by atoms with Gasteiger partial charge in [-0.1, -0.05) is 30.3 Å². The molecule has 1 N–H and O–H groups in total. The fourth-order valence-electron chi connectivity index (χ4n) is 4.38. The van der Waals surface area contributed by atoms with E-state index in [1.165, 1.54) is 12.1 Å². The molecule has 1 amide bonds. The van der Waals surface area contributed by atoms with Gasteiger partial charge in [0.2, 0.25) is 0 Å². The van der Waals surface area contributed by atoms with Crippen molar-refractivity contribution in [2.75, 3.05) is 13.1 Å². The number of carbonyl (C=O) groups excluding carboxylic acids is 1. The Morgan fingerprint density at radius 1 is 1.06 bits per heavy atom. The quantitative estimate of drug-likeness (QED) is 0.589. The number of rotatable bonds is 6. The number of aromatic nitrogens is 1. The Bertz CT molecular complexity index is 1070. The number of piperidine rings is 1. The molecule has 1 aliphatic rings. The smallest absolute Gasteiger partial charge is 0.252 e. The molecule has 0 radical (unpaired) electrons. The highest BCUT2D eigenvalue weighted by atomic mass is 19.2. The average Bonchev–Trinajstić information content (AvgIpc) is 2.81. The minimum absolute atomic E-state index is 0.0945. The SMILES string of the molecule is Cc1ccccc1C(=O)NC(c1ccccn1)C1CCN(Cc2ccc(F)c(F)c2)CC1. The molecule has 1 aliphatic heterocycles. The maximum absolute atomic E-state index is 13.5. The Morgan fingerprint density at radius 3 is 2.50 bits per heavy atom. The van der Waals surface area contributed by atoms with Crippen molar-refractivity contribution in [3.63, 3.8) is 0 Å². The first kappa shape index (κ1) is 22.1. The summed E-state index contributed by atoms with van der Waals surface area (Å²) in [4.78, 5) is 19.8. The lowest BCUT2D eigenvalue weighted by Gasteiger charge is -2.36. The number of halogens is 2. The van der Waals surface area contributed by atoms with Gasteiger partial charge in [-0.05, 0) is 80.2 Å². The fraction of sp³-hybridized carbons (Fsp3) is 0.308. The number of nitrogens with zero attached hydrogens (tertiary/aromatic N) is 2. The van der Waals surface area contributed by atoms with Crippen LogP contribution in [0.5, 0.6) is 0 Å². The van der Waals surface area contributed by atoms with E-state index in [2.05, 4.69) is 15.2 Å². The number of benzene rings is 2. The van der Waals surface area contributed by atoms with Crippen LogP contribution in [0.3, 0.4) is 0 Å². The van der Waals surface area contributed by atoms with E-state index in [0.717, 1.165) is 42.8 Å². The molecule has 0 bridgehead atoms. The Morgan fingerprint density at radius 2 is 1.81 bits per heavy atom. The van der Waals surface area contributed by atoms with E-state index in [-0.39, 0.29) is 17.9 Å². The van der Waals surface area contributed by atoms with Crippen LogP contribution in [0.15, 0.2) is 66.9 Å². The number of nitrogens with one attached hydrogen (secondary N) is 1. The summed E-state index contributed by atoms with van der Waals surface area (Å²) in [6.07, 6.45) is 3.50. The van der Waals surface area contributed by atoms with Gasteiger partial charge in [-0.2, -0.15) is 0 Å². The molecule has 32 heavy (non-hydrogen) atoms. The second-order valence-corrected chi connectivity index (χ2v) is 8.38. The molecule has 1 atom stereocenters. The van der Waals surface area contributed by atoms with Crippen LogP contribution in [-0.4, -0.2) is 28.9 Å². The van der Waals surface area contributed by atoms with Crippen molar-refractivity contribution in [1.82, 2.24) is 15.2 Å². The van der Waals surface area contributed by atoms with Crippen LogP contribution >= 0.6 is 0 Å². The van der Waals surface area contributed by atoms with Gasteiger partial charge in [-0.3, -0.25) is 14.7 Å². The van der Waals surface area contributed by atoms with Crippen LogP contribution in [0.2, 0.25) is 0 Å². The topological polar surface area (TPSA) is 45.2 Å². The third-order valence-corrected chi connectivity index (χ3v) is 6.18. The molecule has 1 fully saturated rings. The summed E-state index contributed by atoms with van der Waals surface area (Å²) in [5.41, 5.74) is 3.22. The normalized spacial score (nSPS) is 16.0. The average molecular weight is 436 g/mol. The molecular weight excluding hydrogens is 408 g/mol. The van der Waals surface area contributed by atoms with Gasteiger partial charge in [0.25, 0.3) is 5.91 Å². The summed E-state index contributed by atoms with van der Waals surface area (Å²) in [5.74, 6) is -1.50. The van der Waals surface area contributed by atoms with E-state index in [1.54, 1.807) is 12.3 Å². The zero-order valence-electron chi connectivity index (χ0n) is 18.1. The van der Waals surface area contributed by atoms with Crippen molar-refractivity contribution >= 4 is 5.91 Å². The summed E-state index contributed by atoms with van der Waals surface area (Å²) < 4.78 is 26.7. The number of carbonyl (C=O) groups is 1.